The molecule has 0 unspecified atom stereocenters. The number of nitrogens with zero attached hydrogens (tertiary/aromatic N) is 1. The van der Waals surface area contributed by atoms with E-state index in [4.69, 9.17) is 9.72 Å². The van der Waals surface area contributed by atoms with Crippen LogP contribution in [0.2, 0.25) is 0 Å². The molecule has 1 N–H and O–H groups in total. The molecule has 0 aliphatic rings. The molecule has 0 atom stereocenters. The van der Waals surface area contributed by atoms with E-state index in [1.54, 1.807) is 7.11 Å². The van der Waals surface area contributed by atoms with Crippen molar-refractivity contribution in [3.63, 3.8) is 0 Å². The highest BCUT2D eigenvalue weighted by atomic mass is 32.2. The predicted molar refractivity (Wildman–Crippen MR) is 131 cm³/mol. The summed E-state index contributed by atoms with van der Waals surface area (Å²) >= 11 is 1.54. The molecule has 32 heavy (non-hydrogen) atoms. The standard InChI is InChI=1S/C27H26N2O2S/c1-3-24-25(17-19-9-13-22(14-10-19)21-7-5-4-6-8-21)28-27(29-26(24)30)32-18-20-11-15-23(31-2)16-12-20/h4-16H,3,17-18H2,1-2H3,(H,28,29,30). The number of ether oxygens (including phenoxy) is 1. The summed E-state index contributed by atoms with van der Waals surface area (Å²) in [5, 5.41) is 0.652. The number of hydrogen-bond donors (Lipinski definition) is 1. The zero-order chi connectivity index (χ0) is 22.3. The summed E-state index contributed by atoms with van der Waals surface area (Å²) in [6.45, 7) is 2.00. The molecule has 4 aromatic rings. The Kier molecular flexibility index (Phi) is 7.07. The van der Waals surface area contributed by atoms with Crippen LogP contribution >= 0.6 is 11.8 Å². The number of H-pyrrole nitrogens is 1. The first-order valence-corrected chi connectivity index (χ1v) is 11.7. The van der Waals surface area contributed by atoms with Crippen molar-refractivity contribution in [2.45, 2.75) is 30.7 Å². The number of aromatic amines is 1. The number of benzene rings is 3. The third kappa shape index (κ3) is 5.29. The number of nitrogens with one attached hydrogen (secondary N) is 1. The minimum absolute atomic E-state index is 0.0457. The van der Waals surface area contributed by atoms with E-state index in [-0.39, 0.29) is 5.56 Å². The first kappa shape index (κ1) is 21.9. The van der Waals surface area contributed by atoms with Gasteiger partial charge in [0.2, 0.25) is 0 Å². The van der Waals surface area contributed by atoms with Crippen molar-refractivity contribution in [1.82, 2.24) is 9.97 Å². The predicted octanol–water partition coefficient (Wildman–Crippen LogP) is 5.89. The fourth-order valence-electron chi connectivity index (χ4n) is 3.61. The lowest BCUT2D eigenvalue weighted by Crippen LogP contribution is -2.18. The number of rotatable bonds is 8. The van der Waals surface area contributed by atoms with Crippen LogP contribution in [-0.4, -0.2) is 17.1 Å². The molecular weight excluding hydrogens is 416 g/mol. The highest BCUT2D eigenvalue weighted by molar-refractivity contribution is 7.98. The van der Waals surface area contributed by atoms with Gasteiger partial charge in [0.05, 0.1) is 12.8 Å². The molecule has 0 radical (unpaired) electrons. The van der Waals surface area contributed by atoms with Crippen molar-refractivity contribution >= 4 is 11.8 Å². The van der Waals surface area contributed by atoms with Crippen molar-refractivity contribution < 1.29 is 4.74 Å². The third-order valence-electron chi connectivity index (χ3n) is 5.40. The van der Waals surface area contributed by atoms with Crippen molar-refractivity contribution in [3.8, 4) is 16.9 Å². The molecule has 1 heterocycles. The molecule has 5 heteroatoms. The zero-order valence-corrected chi connectivity index (χ0v) is 19.1. The highest BCUT2D eigenvalue weighted by Crippen LogP contribution is 2.23. The summed E-state index contributed by atoms with van der Waals surface area (Å²) in [6.07, 6.45) is 1.29. The zero-order valence-electron chi connectivity index (χ0n) is 18.3. The molecule has 3 aromatic carbocycles. The topological polar surface area (TPSA) is 55.0 Å². The Morgan fingerprint density at radius 2 is 1.53 bits per heavy atom. The van der Waals surface area contributed by atoms with Crippen LogP contribution in [0.25, 0.3) is 11.1 Å². The average molecular weight is 443 g/mol. The number of thioether (sulfide) groups is 1. The fourth-order valence-corrected chi connectivity index (χ4v) is 4.45. The van der Waals surface area contributed by atoms with Crippen LogP contribution in [0.5, 0.6) is 5.75 Å². The van der Waals surface area contributed by atoms with Gasteiger partial charge in [0.1, 0.15) is 5.75 Å². The molecule has 0 saturated carbocycles. The minimum Gasteiger partial charge on any atom is -0.497 e. The molecule has 0 saturated heterocycles. The lowest BCUT2D eigenvalue weighted by atomic mass is 10.0. The molecule has 0 fully saturated rings. The maximum atomic E-state index is 12.7. The molecule has 4 rings (SSSR count). The van der Waals surface area contributed by atoms with Crippen LogP contribution in [0, 0.1) is 0 Å². The lowest BCUT2D eigenvalue weighted by Gasteiger charge is -2.10. The Hall–Kier alpha value is -3.31. The van der Waals surface area contributed by atoms with Gasteiger partial charge < -0.3 is 9.72 Å². The highest BCUT2D eigenvalue weighted by Gasteiger charge is 2.12. The molecule has 162 valence electrons. The van der Waals surface area contributed by atoms with Crippen molar-refractivity contribution in [2.24, 2.45) is 0 Å². The Balaban J connectivity index is 1.52. The SMILES string of the molecule is CCc1c(Cc2ccc(-c3ccccc3)cc2)nc(SCc2ccc(OC)cc2)[nH]c1=O. The summed E-state index contributed by atoms with van der Waals surface area (Å²) in [6, 6.07) is 26.8. The Morgan fingerprint density at radius 3 is 2.19 bits per heavy atom. The summed E-state index contributed by atoms with van der Waals surface area (Å²) in [5.74, 6) is 1.56. The summed E-state index contributed by atoms with van der Waals surface area (Å²) in [4.78, 5) is 20.5. The van der Waals surface area contributed by atoms with E-state index in [0.29, 0.717) is 18.0 Å². The summed E-state index contributed by atoms with van der Waals surface area (Å²) in [5.41, 5.74) is 6.22. The molecule has 0 aliphatic heterocycles. The van der Waals surface area contributed by atoms with Gasteiger partial charge in [-0.1, -0.05) is 85.4 Å². The minimum atomic E-state index is -0.0457. The Labute approximate surface area is 192 Å². The monoisotopic (exact) mass is 442 g/mol. The quantitative estimate of drug-likeness (QED) is 0.273. The molecular formula is C27H26N2O2S. The van der Waals surface area contributed by atoms with Gasteiger partial charge >= 0.3 is 0 Å². The third-order valence-corrected chi connectivity index (χ3v) is 6.34. The first-order chi connectivity index (χ1) is 15.7. The molecule has 4 nitrogen and oxygen atoms in total. The second kappa shape index (κ2) is 10.3. The molecule has 0 bridgehead atoms. The van der Waals surface area contributed by atoms with E-state index in [1.807, 2.05) is 49.4 Å². The van der Waals surface area contributed by atoms with E-state index in [9.17, 15) is 4.79 Å². The van der Waals surface area contributed by atoms with Crippen LogP contribution in [0.3, 0.4) is 0 Å². The second-order valence-electron chi connectivity index (χ2n) is 7.53. The van der Waals surface area contributed by atoms with Crippen LogP contribution in [0.15, 0.2) is 88.8 Å². The normalized spacial score (nSPS) is 10.8. The van der Waals surface area contributed by atoms with Crippen LogP contribution in [-0.2, 0) is 18.6 Å². The van der Waals surface area contributed by atoms with Gasteiger partial charge in [-0.25, -0.2) is 4.98 Å². The molecule has 0 spiro atoms. The van der Waals surface area contributed by atoms with E-state index in [1.165, 1.54) is 22.9 Å². The van der Waals surface area contributed by atoms with Gasteiger partial charge in [-0.2, -0.15) is 0 Å². The van der Waals surface area contributed by atoms with Gasteiger partial charge in [-0.15, -0.1) is 0 Å². The number of hydrogen-bond acceptors (Lipinski definition) is 4. The maximum absolute atomic E-state index is 12.7. The van der Waals surface area contributed by atoms with Crippen LogP contribution in [0.1, 0.15) is 29.3 Å². The van der Waals surface area contributed by atoms with Crippen molar-refractivity contribution in [1.29, 1.82) is 0 Å². The molecule has 0 amide bonds. The van der Waals surface area contributed by atoms with E-state index in [0.717, 1.165) is 33.9 Å². The van der Waals surface area contributed by atoms with Crippen molar-refractivity contribution in [3.05, 3.63) is 112 Å². The van der Waals surface area contributed by atoms with Gasteiger partial charge in [0.15, 0.2) is 5.16 Å². The van der Waals surface area contributed by atoms with E-state index in [2.05, 4.69) is 41.4 Å². The Bertz CT molecular complexity index is 1220. The summed E-state index contributed by atoms with van der Waals surface area (Å²) in [7, 11) is 1.66. The van der Waals surface area contributed by atoms with Gasteiger partial charge in [0.25, 0.3) is 5.56 Å². The van der Waals surface area contributed by atoms with Gasteiger partial charge in [-0.05, 0) is 40.8 Å². The van der Waals surface area contributed by atoms with Gasteiger partial charge in [-0.3, -0.25) is 4.79 Å². The Morgan fingerprint density at radius 1 is 0.875 bits per heavy atom. The first-order valence-electron chi connectivity index (χ1n) is 10.7. The largest absolute Gasteiger partial charge is 0.497 e. The molecule has 1 aromatic heterocycles. The number of aromatic nitrogens is 2. The maximum Gasteiger partial charge on any atom is 0.254 e. The van der Waals surface area contributed by atoms with Crippen LogP contribution in [0.4, 0.5) is 0 Å². The summed E-state index contributed by atoms with van der Waals surface area (Å²) < 4.78 is 5.21. The second-order valence-corrected chi connectivity index (χ2v) is 8.49. The van der Waals surface area contributed by atoms with E-state index < -0.39 is 0 Å². The van der Waals surface area contributed by atoms with Crippen LogP contribution < -0.4 is 10.3 Å². The van der Waals surface area contributed by atoms with Crippen molar-refractivity contribution in [2.75, 3.05) is 7.11 Å². The number of methoxy groups -OCH3 is 1. The lowest BCUT2D eigenvalue weighted by molar-refractivity contribution is 0.414. The van der Waals surface area contributed by atoms with Gasteiger partial charge in [0, 0.05) is 17.7 Å². The molecule has 0 aliphatic carbocycles. The fraction of sp³-hybridized carbons (Fsp3) is 0.185. The van der Waals surface area contributed by atoms with E-state index >= 15 is 0 Å². The smallest absolute Gasteiger partial charge is 0.254 e. The average Bonchev–Trinajstić information content (AvgIpc) is 2.84.